The molecule has 2 aromatic carbocycles. The molecule has 0 bridgehead atoms. The van der Waals surface area contributed by atoms with Crippen LogP contribution in [0.15, 0.2) is 48.5 Å². The summed E-state index contributed by atoms with van der Waals surface area (Å²) < 4.78 is 18.9. The minimum Gasteiger partial charge on any atom is -0.498 e. The summed E-state index contributed by atoms with van der Waals surface area (Å²) in [6.45, 7) is 5.43. The van der Waals surface area contributed by atoms with Crippen LogP contribution < -0.4 is 15.6 Å². The highest BCUT2D eigenvalue weighted by Crippen LogP contribution is 2.49. The maximum atomic E-state index is 13.8. The van der Waals surface area contributed by atoms with Gasteiger partial charge in [0.25, 0.3) is 12.0 Å². The van der Waals surface area contributed by atoms with Crippen LogP contribution >= 0.6 is 0 Å². The number of carboxylic acid groups (broad SMARTS) is 1. The van der Waals surface area contributed by atoms with Crippen molar-refractivity contribution < 1.29 is 28.3 Å². The summed E-state index contributed by atoms with van der Waals surface area (Å²) in [5.41, 5.74) is 5.98. The van der Waals surface area contributed by atoms with Crippen molar-refractivity contribution in [2.45, 2.75) is 57.8 Å². The first-order chi connectivity index (χ1) is 14.1. The van der Waals surface area contributed by atoms with Crippen LogP contribution in [0.3, 0.4) is 0 Å². The van der Waals surface area contributed by atoms with E-state index in [-0.39, 0.29) is 12.4 Å². The fourth-order valence-corrected chi connectivity index (χ4v) is 4.71. The van der Waals surface area contributed by atoms with E-state index in [0.29, 0.717) is 24.2 Å². The topological polar surface area (TPSA) is 92.5 Å². The molecule has 0 saturated carbocycles. The number of carbonyl (C=O) groups is 2. The maximum absolute atomic E-state index is 13.8. The highest BCUT2D eigenvalue weighted by Gasteiger charge is 2.60. The van der Waals surface area contributed by atoms with Gasteiger partial charge in [0.2, 0.25) is 0 Å². The van der Waals surface area contributed by atoms with Gasteiger partial charge >= 0.3 is 0 Å². The van der Waals surface area contributed by atoms with Gasteiger partial charge in [-0.3, -0.25) is 9.28 Å². The molecule has 2 amide bonds. The van der Waals surface area contributed by atoms with E-state index < -0.39 is 34.1 Å². The third-order valence-corrected chi connectivity index (χ3v) is 6.05. The number of ether oxygens (including phenoxy) is 1. The zero-order chi connectivity index (χ0) is 22.1. The summed E-state index contributed by atoms with van der Waals surface area (Å²) in [6.07, 6.45) is -0.445. The second-order valence-corrected chi connectivity index (χ2v) is 8.67. The van der Waals surface area contributed by atoms with E-state index in [2.05, 4.69) is 0 Å². The van der Waals surface area contributed by atoms with Gasteiger partial charge in [-0.2, -0.15) is 0 Å². The Kier molecular flexibility index (Phi) is 5.85. The third kappa shape index (κ3) is 3.65. The molecule has 1 aliphatic heterocycles. The Morgan fingerprint density at radius 3 is 2.30 bits per heavy atom. The first-order valence-electron chi connectivity index (χ1n) is 9.94. The lowest BCUT2D eigenvalue weighted by Crippen LogP contribution is -2.72. The first kappa shape index (κ1) is 21.8. The molecule has 6 nitrogen and oxygen atoms in total. The van der Waals surface area contributed by atoms with Gasteiger partial charge in [0.05, 0.1) is 5.54 Å². The summed E-state index contributed by atoms with van der Waals surface area (Å²) in [6, 6.07) is 12.1. The fourth-order valence-electron chi connectivity index (χ4n) is 4.71. The summed E-state index contributed by atoms with van der Waals surface area (Å²) in [4.78, 5) is 24.5. The van der Waals surface area contributed by atoms with E-state index in [9.17, 15) is 19.1 Å². The molecule has 7 heteroatoms. The lowest BCUT2D eigenvalue weighted by atomic mass is 9.94. The maximum Gasteiger partial charge on any atom is 0.276 e. The Hall–Kier alpha value is -2.93. The summed E-state index contributed by atoms with van der Waals surface area (Å²) in [7, 11) is 0. The number of amides is 2. The predicted octanol–water partition coefficient (Wildman–Crippen LogP) is 3.05. The van der Waals surface area contributed by atoms with Gasteiger partial charge in [-0.1, -0.05) is 18.2 Å². The summed E-state index contributed by atoms with van der Waals surface area (Å²) in [5, 5.41) is 12.4. The molecule has 2 N–H and O–H groups in total. The largest absolute Gasteiger partial charge is 0.498 e. The van der Waals surface area contributed by atoms with E-state index in [0.717, 1.165) is 5.56 Å². The van der Waals surface area contributed by atoms with E-state index >= 15 is 0 Å². The Balaban J connectivity index is 1.88. The smallest absolute Gasteiger partial charge is 0.276 e. The zero-order valence-electron chi connectivity index (χ0n) is 17.4. The summed E-state index contributed by atoms with van der Waals surface area (Å²) >= 11 is 0. The van der Waals surface area contributed by atoms with Crippen molar-refractivity contribution in [3.05, 3.63) is 65.5 Å². The minimum absolute atomic E-state index is 0.0836. The number of quaternary nitrogens is 1. The summed E-state index contributed by atoms with van der Waals surface area (Å²) in [5.74, 6) is -0.436. The number of nitrogens with two attached hydrogens (primary N) is 1. The molecular formula is C23H27FN2O4. The average molecular weight is 414 g/mol. The quantitative estimate of drug-likeness (QED) is 0.761. The number of benzene rings is 2. The van der Waals surface area contributed by atoms with Gasteiger partial charge in [0.15, 0.2) is 6.04 Å². The Morgan fingerprint density at radius 2 is 1.77 bits per heavy atom. The fraction of sp³-hybridized carbons (Fsp3) is 0.391. The Morgan fingerprint density at radius 1 is 1.13 bits per heavy atom. The Bertz CT molecular complexity index is 939. The lowest BCUT2D eigenvalue weighted by Gasteiger charge is -2.52. The Labute approximate surface area is 175 Å². The van der Waals surface area contributed by atoms with Crippen molar-refractivity contribution in [1.82, 2.24) is 0 Å². The second-order valence-electron chi connectivity index (χ2n) is 8.67. The van der Waals surface area contributed by atoms with E-state index in [1.54, 1.807) is 63.2 Å². The molecule has 3 rings (SSSR count). The van der Waals surface area contributed by atoms with Crippen LogP contribution in [-0.4, -0.2) is 28.1 Å². The molecule has 2 aromatic rings. The number of primary amides is 1. The van der Waals surface area contributed by atoms with E-state index in [1.807, 2.05) is 0 Å². The third-order valence-electron chi connectivity index (χ3n) is 6.05. The number of nitrogens with zero attached hydrogens (tertiary/aromatic N) is 1. The zero-order valence-corrected chi connectivity index (χ0v) is 17.4. The van der Waals surface area contributed by atoms with Crippen molar-refractivity contribution in [3.63, 3.8) is 0 Å². The molecule has 1 heterocycles. The molecule has 0 aromatic heterocycles. The molecule has 1 unspecified atom stereocenters. The molecule has 0 spiro atoms. The van der Waals surface area contributed by atoms with Crippen LogP contribution in [-0.2, 0) is 11.4 Å². The van der Waals surface area contributed by atoms with Gasteiger partial charge < -0.3 is 20.4 Å². The first-order valence-corrected chi connectivity index (χ1v) is 9.94. The number of carbonyl (C=O) groups excluding carboxylic acids is 2. The number of hydrogen-bond donors (Lipinski definition) is 1. The van der Waals surface area contributed by atoms with E-state index in [4.69, 9.17) is 10.5 Å². The standard InChI is InChI=1S/C23H27FN2O4/c1-23(2,3)26(22(28)29)19(12-13-20(26)21(25)27)15-8-10-17(11-9-15)30-14-16-6-4-5-7-18(16)24/h4-11,19-20H,12-14H2,1-3H3,(H2-,25,27,28,29)/t19-,20+,26?/m0/s1. The van der Waals surface area contributed by atoms with E-state index in [1.165, 1.54) is 6.07 Å². The van der Waals surface area contributed by atoms with Gasteiger partial charge in [-0.05, 0) is 51.1 Å². The monoisotopic (exact) mass is 414 g/mol. The molecule has 1 saturated heterocycles. The highest BCUT2D eigenvalue weighted by atomic mass is 19.1. The number of hydrogen-bond acceptors (Lipinski definition) is 4. The predicted molar refractivity (Wildman–Crippen MR) is 108 cm³/mol. The van der Waals surface area contributed by atoms with Crippen LogP contribution in [0.2, 0.25) is 0 Å². The van der Waals surface area contributed by atoms with Crippen molar-refractivity contribution in [3.8, 4) is 5.75 Å². The van der Waals surface area contributed by atoms with Crippen molar-refractivity contribution in [1.29, 1.82) is 0 Å². The van der Waals surface area contributed by atoms with Crippen molar-refractivity contribution >= 4 is 12.0 Å². The number of rotatable bonds is 5. The van der Waals surface area contributed by atoms with Crippen molar-refractivity contribution in [2.24, 2.45) is 5.73 Å². The molecule has 1 aliphatic rings. The molecule has 0 radical (unpaired) electrons. The van der Waals surface area contributed by atoms with Crippen LogP contribution in [0.4, 0.5) is 9.18 Å². The van der Waals surface area contributed by atoms with Gasteiger partial charge in [-0.25, -0.2) is 4.39 Å². The lowest BCUT2D eigenvalue weighted by molar-refractivity contribution is -0.948. The molecule has 0 aliphatic carbocycles. The van der Waals surface area contributed by atoms with Crippen LogP contribution in [0.1, 0.15) is 50.8 Å². The van der Waals surface area contributed by atoms with Crippen LogP contribution in [0.5, 0.6) is 5.75 Å². The molecule has 3 atom stereocenters. The second kappa shape index (κ2) is 8.07. The minimum atomic E-state index is -1.31. The number of likely N-dealkylation sites (tertiary alicyclic amines) is 1. The van der Waals surface area contributed by atoms with Crippen molar-refractivity contribution in [2.75, 3.05) is 0 Å². The number of halogens is 1. The van der Waals surface area contributed by atoms with Crippen LogP contribution in [0, 0.1) is 5.82 Å². The molecule has 30 heavy (non-hydrogen) atoms. The van der Waals surface area contributed by atoms with Gasteiger partial charge in [-0.15, -0.1) is 0 Å². The van der Waals surface area contributed by atoms with Gasteiger partial charge in [0, 0.05) is 24.0 Å². The molecule has 1 fully saturated rings. The molecular weight excluding hydrogens is 387 g/mol. The average Bonchev–Trinajstić information content (AvgIpc) is 3.10. The van der Waals surface area contributed by atoms with Crippen LogP contribution in [0.25, 0.3) is 0 Å². The SMILES string of the molecule is CC(C)(C)[N+]1(C(=O)[O-])[C@@H](C(N)=O)CC[C@H]1c1ccc(OCc2ccccc2F)cc1. The van der Waals surface area contributed by atoms with Gasteiger partial charge in [0.1, 0.15) is 24.2 Å². The normalized spacial score (nSPS) is 23.9. The highest BCUT2D eigenvalue weighted by molar-refractivity contribution is 5.81. The molecule has 160 valence electrons.